The fourth-order valence-electron chi connectivity index (χ4n) is 3.25. The van der Waals surface area contributed by atoms with Crippen LogP contribution in [0.15, 0.2) is 18.2 Å². The third-order valence-electron chi connectivity index (χ3n) is 5.00. The molecular formula is C16H24O. The third-order valence-corrected chi connectivity index (χ3v) is 5.00. The Morgan fingerprint density at radius 1 is 1.12 bits per heavy atom. The van der Waals surface area contributed by atoms with Crippen molar-refractivity contribution < 1.29 is 4.74 Å². The van der Waals surface area contributed by atoms with Crippen molar-refractivity contribution in [3.63, 3.8) is 0 Å². The molecule has 1 fully saturated rings. The number of hydrogen-bond donors (Lipinski definition) is 0. The molecule has 1 aliphatic carbocycles. The summed E-state index contributed by atoms with van der Waals surface area (Å²) in [6.45, 7) is 9.36. The van der Waals surface area contributed by atoms with E-state index in [1.165, 1.54) is 30.4 Å². The molecule has 0 aromatic heterocycles. The summed E-state index contributed by atoms with van der Waals surface area (Å²) in [6, 6.07) is 6.68. The standard InChI is InChI=1S/C16H24O/c1-12-11-13(7-8-14(12)17-5)16(4)10-6-9-15(16,2)3/h7-8,11H,6,9-10H2,1-5H3. The summed E-state index contributed by atoms with van der Waals surface area (Å²) in [5.41, 5.74) is 3.42. The SMILES string of the molecule is COc1ccc(C2(C)CCCC2(C)C)cc1C. The molecule has 2 rings (SSSR count). The van der Waals surface area contributed by atoms with Crippen molar-refractivity contribution in [3.05, 3.63) is 29.3 Å². The molecule has 0 spiro atoms. The molecule has 0 aliphatic heterocycles. The molecule has 0 N–H and O–H groups in total. The molecule has 94 valence electrons. The maximum absolute atomic E-state index is 5.35. The molecule has 1 saturated carbocycles. The molecule has 17 heavy (non-hydrogen) atoms. The van der Waals surface area contributed by atoms with Gasteiger partial charge in [-0.2, -0.15) is 0 Å². The summed E-state index contributed by atoms with van der Waals surface area (Å²) in [4.78, 5) is 0. The van der Waals surface area contributed by atoms with Crippen LogP contribution in [0.25, 0.3) is 0 Å². The number of aryl methyl sites for hydroxylation is 1. The van der Waals surface area contributed by atoms with Gasteiger partial charge in [0, 0.05) is 0 Å². The maximum Gasteiger partial charge on any atom is 0.121 e. The second kappa shape index (κ2) is 4.04. The van der Waals surface area contributed by atoms with Crippen molar-refractivity contribution in [1.29, 1.82) is 0 Å². The van der Waals surface area contributed by atoms with Gasteiger partial charge in [0.1, 0.15) is 5.75 Å². The fraction of sp³-hybridized carbons (Fsp3) is 0.625. The molecule has 1 atom stereocenters. The van der Waals surface area contributed by atoms with Gasteiger partial charge < -0.3 is 4.74 Å². The van der Waals surface area contributed by atoms with Crippen LogP contribution in [0.4, 0.5) is 0 Å². The van der Waals surface area contributed by atoms with Crippen LogP contribution in [-0.4, -0.2) is 7.11 Å². The summed E-state index contributed by atoms with van der Waals surface area (Å²) in [6.07, 6.45) is 3.97. The Balaban J connectivity index is 2.44. The lowest BCUT2D eigenvalue weighted by atomic mass is 9.65. The van der Waals surface area contributed by atoms with E-state index in [0.717, 1.165) is 5.75 Å². The van der Waals surface area contributed by atoms with Crippen LogP contribution in [0, 0.1) is 12.3 Å². The molecule has 1 nitrogen and oxygen atoms in total. The highest BCUT2D eigenvalue weighted by molar-refractivity contribution is 5.40. The Kier molecular flexibility index (Phi) is 2.97. The van der Waals surface area contributed by atoms with Crippen molar-refractivity contribution in [3.8, 4) is 5.75 Å². The van der Waals surface area contributed by atoms with Crippen molar-refractivity contribution >= 4 is 0 Å². The predicted molar refractivity (Wildman–Crippen MR) is 72.7 cm³/mol. The Morgan fingerprint density at radius 2 is 1.82 bits per heavy atom. The Hall–Kier alpha value is -0.980. The minimum atomic E-state index is 0.310. The lowest BCUT2D eigenvalue weighted by molar-refractivity contribution is 0.224. The molecule has 1 aromatic carbocycles. The summed E-state index contributed by atoms with van der Waals surface area (Å²) in [5.74, 6) is 0.994. The van der Waals surface area contributed by atoms with Gasteiger partial charge in [-0.05, 0) is 47.8 Å². The van der Waals surface area contributed by atoms with E-state index in [1.807, 2.05) is 0 Å². The zero-order valence-corrected chi connectivity index (χ0v) is 11.8. The van der Waals surface area contributed by atoms with Crippen LogP contribution in [0.3, 0.4) is 0 Å². The van der Waals surface area contributed by atoms with Crippen molar-refractivity contribution in [1.82, 2.24) is 0 Å². The molecule has 0 heterocycles. The quantitative estimate of drug-likeness (QED) is 0.731. The van der Waals surface area contributed by atoms with Crippen molar-refractivity contribution in [2.45, 2.75) is 52.4 Å². The van der Waals surface area contributed by atoms with Crippen LogP contribution >= 0.6 is 0 Å². The number of hydrogen-bond acceptors (Lipinski definition) is 1. The molecular weight excluding hydrogens is 208 g/mol. The van der Waals surface area contributed by atoms with E-state index in [0.29, 0.717) is 10.8 Å². The highest BCUT2D eigenvalue weighted by Crippen LogP contribution is 2.54. The topological polar surface area (TPSA) is 9.23 Å². The molecule has 0 radical (unpaired) electrons. The lowest BCUT2D eigenvalue weighted by Crippen LogP contribution is -2.34. The lowest BCUT2D eigenvalue weighted by Gasteiger charge is -2.39. The highest BCUT2D eigenvalue weighted by atomic mass is 16.5. The maximum atomic E-state index is 5.35. The smallest absolute Gasteiger partial charge is 0.121 e. The fourth-order valence-corrected chi connectivity index (χ4v) is 3.25. The minimum absolute atomic E-state index is 0.310. The van der Waals surface area contributed by atoms with E-state index in [4.69, 9.17) is 4.74 Å². The molecule has 0 saturated heterocycles. The van der Waals surface area contributed by atoms with Gasteiger partial charge in [-0.3, -0.25) is 0 Å². The first kappa shape index (κ1) is 12.5. The first-order chi connectivity index (χ1) is 7.90. The summed E-state index contributed by atoms with van der Waals surface area (Å²) in [7, 11) is 1.74. The van der Waals surface area contributed by atoms with Gasteiger partial charge in [-0.1, -0.05) is 39.3 Å². The van der Waals surface area contributed by atoms with Crippen LogP contribution < -0.4 is 4.74 Å². The first-order valence-electron chi connectivity index (χ1n) is 6.56. The molecule has 1 unspecified atom stereocenters. The van der Waals surface area contributed by atoms with Gasteiger partial charge in [0.05, 0.1) is 7.11 Å². The Bertz CT molecular complexity index is 420. The molecule has 0 bridgehead atoms. The van der Waals surface area contributed by atoms with Crippen molar-refractivity contribution in [2.24, 2.45) is 5.41 Å². The molecule has 0 amide bonds. The van der Waals surface area contributed by atoms with Crippen LogP contribution in [0.2, 0.25) is 0 Å². The summed E-state index contributed by atoms with van der Waals surface area (Å²) < 4.78 is 5.35. The van der Waals surface area contributed by atoms with Gasteiger partial charge in [0.15, 0.2) is 0 Å². The number of benzene rings is 1. The molecule has 1 heteroatoms. The van der Waals surface area contributed by atoms with E-state index < -0.39 is 0 Å². The third kappa shape index (κ3) is 1.86. The zero-order chi connectivity index (χ0) is 12.7. The number of methoxy groups -OCH3 is 1. The average Bonchev–Trinajstić information content (AvgIpc) is 2.54. The average molecular weight is 232 g/mol. The van der Waals surface area contributed by atoms with Gasteiger partial charge in [-0.25, -0.2) is 0 Å². The number of ether oxygens (including phenoxy) is 1. The van der Waals surface area contributed by atoms with E-state index in [1.54, 1.807) is 7.11 Å². The van der Waals surface area contributed by atoms with E-state index in [9.17, 15) is 0 Å². The summed E-state index contributed by atoms with van der Waals surface area (Å²) in [5, 5.41) is 0. The Labute approximate surface area is 105 Å². The molecule has 1 aliphatic rings. The van der Waals surface area contributed by atoms with E-state index >= 15 is 0 Å². The van der Waals surface area contributed by atoms with Crippen molar-refractivity contribution in [2.75, 3.05) is 7.11 Å². The second-order valence-corrected chi connectivity index (χ2v) is 6.25. The van der Waals surface area contributed by atoms with Gasteiger partial charge >= 0.3 is 0 Å². The monoisotopic (exact) mass is 232 g/mol. The Morgan fingerprint density at radius 3 is 2.29 bits per heavy atom. The number of rotatable bonds is 2. The van der Waals surface area contributed by atoms with Gasteiger partial charge in [0.25, 0.3) is 0 Å². The summed E-state index contributed by atoms with van der Waals surface area (Å²) >= 11 is 0. The largest absolute Gasteiger partial charge is 0.496 e. The van der Waals surface area contributed by atoms with Crippen LogP contribution in [0.1, 0.15) is 51.2 Å². The highest BCUT2D eigenvalue weighted by Gasteiger charge is 2.46. The second-order valence-electron chi connectivity index (χ2n) is 6.25. The zero-order valence-electron chi connectivity index (χ0n) is 11.8. The van der Waals surface area contributed by atoms with E-state index in [2.05, 4.69) is 45.9 Å². The minimum Gasteiger partial charge on any atom is -0.496 e. The predicted octanol–water partition coefficient (Wildman–Crippen LogP) is 4.47. The van der Waals surface area contributed by atoms with Gasteiger partial charge in [-0.15, -0.1) is 0 Å². The first-order valence-corrected chi connectivity index (χ1v) is 6.56. The molecule has 1 aromatic rings. The van der Waals surface area contributed by atoms with Gasteiger partial charge in [0.2, 0.25) is 0 Å². The van der Waals surface area contributed by atoms with Crippen LogP contribution in [-0.2, 0) is 5.41 Å². The van der Waals surface area contributed by atoms with E-state index in [-0.39, 0.29) is 0 Å². The normalized spacial score (nSPS) is 27.1. The van der Waals surface area contributed by atoms with Crippen LogP contribution in [0.5, 0.6) is 5.75 Å².